The fourth-order valence-electron chi connectivity index (χ4n) is 4.53. The molecule has 2 heterocycles. The average molecular weight is 436 g/mol. The van der Waals surface area contributed by atoms with Crippen molar-refractivity contribution in [3.63, 3.8) is 0 Å². The van der Waals surface area contributed by atoms with Crippen molar-refractivity contribution < 1.29 is 9.47 Å². The number of aromatic nitrogens is 2. The van der Waals surface area contributed by atoms with E-state index in [4.69, 9.17) is 20.2 Å². The van der Waals surface area contributed by atoms with Crippen molar-refractivity contribution in [2.24, 2.45) is 5.41 Å². The van der Waals surface area contributed by atoms with Crippen LogP contribution in [0.15, 0.2) is 42.5 Å². The Hall–Kier alpha value is -3.06. The van der Waals surface area contributed by atoms with Crippen molar-refractivity contribution in [3.05, 3.63) is 48.0 Å². The molecular weight excluding hydrogens is 402 g/mol. The minimum Gasteiger partial charge on any atom is -0.493 e. The van der Waals surface area contributed by atoms with Gasteiger partial charge in [-0.05, 0) is 43.0 Å². The standard InChI is InChI=1S/C25H33N5O2/c1-25(10-12-30(13-11-25)16-18-8-6-5-7-9-18)17-29(2)24-27-20-15-22(32-4)21(31-3)14-19(20)23(26)28-24/h5-9,14-15H,10-13,16-17H2,1-4H3,(H2,26,27,28). The second-order valence-electron chi connectivity index (χ2n) is 9.06. The fourth-order valence-corrected chi connectivity index (χ4v) is 4.53. The number of rotatable bonds is 7. The highest BCUT2D eigenvalue weighted by atomic mass is 16.5. The normalized spacial score (nSPS) is 16.1. The van der Waals surface area contributed by atoms with Crippen molar-refractivity contribution in [2.45, 2.75) is 26.3 Å². The van der Waals surface area contributed by atoms with Gasteiger partial charge in [0.25, 0.3) is 0 Å². The number of nitrogens with zero attached hydrogens (tertiary/aromatic N) is 4. The SMILES string of the molecule is COc1cc2nc(N(C)CC3(C)CCN(Cc4ccccc4)CC3)nc(N)c2cc1OC. The number of likely N-dealkylation sites (tertiary alicyclic amines) is 1. The first kappa shape index (κ1) is 22.1. The second-order valence-corrected chi connectivity index (χ2v) is 9.06. The number of ether oxygens (including phenoxy) is 2. The molecule has 1 aliphatic rings. The zero-order chi connectivity index (χ0) is 22.7. The zero-order valence-electron chi connectivity index (χ0n) is 19.5. The number of benzene rings is 2. The Labute approximate surface area is 190 Å². The van der Waals surface area contributed by atoms with Crippen molar-refractivity contribution >= 4 is 22.7 Å². The largest absolute Gasteiger partial charge is 0.493 e. The maximum absolute atomic E-state index is 6.29. The Balaban J connectivity index is 1.45. The molecule has 4 rings (SSSR count). The molecular formula is C25H33N5O2. The monoisotopic (exact) mass is 435 g/mol. The first-order valence-corrected chi connectivity index (χ1v) is 11.1. The Morgan fingerprint density at radius 3 is 2.34 bits per heavy atom. The van der Waals surface area contributed by atoms with Gasteiger partial charge in [0.2, 0.25) is 5.95 Å². The van der Waals surface area contributed by atoms with Gasteiger partial charge in [0.15, 0.2) is 11.5 Å². The van der Waals surface area contributed by atoms with Gasteiger partial charge >= 0.3 is 0 Å². The molecule has 0 spiro atoms. The topological polar surface area (TPSA) is 76.7 Å². The quantitative estimate of drug-likeness (QED) is 0.602. The van der Waals surface area contributed by atoms with Crippen LogP contribution in [-0.4, -0.2) is 55.8 Å². The van der Waals surface area contributed by atoms with Gasteiger partial charge in [-0.2, -0.15) is 4.98 Å². The summed E-state index contributed by atoms with van der Waals surface area (Å²) in [4.78, 5) is 14.0. The number of nitrogen functional groups attached to an aromatic ring is 1. The van der Waals surface area contributed by atoms with E-state index in [0.29, 0.717) is 23.3 Å². The van der Waals surface area contributed by atoms with Gasteiger partial charge in [-0.1, -0.05) is 37.3 Å². The van der Waals surface area contributed by atoms with Crippen LogP contribution in [0.5, 0.6) is 11.5 Å². The Kier molecular flexibility index (Phi) is 6.37. The zero-order valence-corrected chi connectivity index (χ0v) is 19.5. The van der Waals surface area contributed by atoms with E-state index in [1.165, 1.54) is 5.56 Å². The van der Waals surface area contributed by atoms with Crippen LogP contribution in [0.3, 0.4) is 0 Å². The second kappa shape index (κ2) is 9.20. The molecule has 2 aromatic carbocycles. The molecule has 1 saturated heterocycles. The third kappa shape index (κ3) is 4.72. The number of hydrogen-bond acceptors (Lipinski definition) is 7. The predicted octanol–water partition coefficient (Wildman–Crippen LogP) is 3.97. The summed E-state index contributed by atoms with van der Waals surface area (Å²) in [5.74, 6) is 2.33. The van der Waals surface area contributed by atoms with Crippen molar-refractivity contribution in [2.75, 3.05) is 51.5 Å². The molecule has 0 radical (unpaired) electrons. The van der Waals surface area contributed by atoms with Gasteiger partial charge in [-0.25, -0.2) is 4.98 Å². The van der Waals surface area contributed by atoms with Crippen LogP contribution < -0.4 is 20.1 Å². The van der Waals surface area contributed by atoms with E-state index in [9.17, 15) is 0 Å². The summed E-state index contributed by atoms with van der Waals surface area (Å²) < 4.78 is 10.8. The highest BCUT2D eigenvalue weighted by Gasteiger charge is 2.32. The van der Waals surface area contributed by atoms with Gasteiger partial charge in [0.05, 0.1) is 19.7 Å². The number of hydrogen-bond donors (Lipinski definition) is 1. The molecule has 32 heavy (non-hydrogen) atoms. The molecule has 3 aromatic rings. The maximum atomic E-state index is 6.29. The first-order valence-electron chi connectivity index (χ1n) is 11.1. The molecule has 0 unspecified atom stereocenters. The van der Waals surface area contributed by atoms with Crippen LogP contribution in [-0.2, 0) is 6.54 Å². The van der Waals surface area contributed by atoms with Gasteiger partial charge in [-0.3, -0.25) is 4.90 Å². The molecule has 2 N–H and O–H groups in total. The van der Waals surface area contributed by atoms with Gasteiger partial charge in [0, 0.05) is 31.6 Å². The third-order valence-corrected chi connectivity index (χ3v) is 6.49. The number of anilines is 2. The number of fused-ring (bicyclic) bond motifs is 1. The molecule has 1 aliphatic heterocycles. The van der Waals surface area contributed by atoms with E-state index >= 15 is 0 Å². The van der Waals surface area contributed by atoms with E-state index in [2.05, 4.69) is 52.0 Å². The van der Waals surface area contributed by atoms with E-state index in [1.54, 1.807) is 14.2 Å². The van der Waals surface area contributed by atoms with Crippen molar-refractivity contribution in [1.29, 1.82) is 0 Å². The molecule has 1 aromatic heterocycles. The highest BCUT2D eigenvalue weighted by Crippen LogP contribution is 2.36. The van der Waals surface area contributed by atoms with Crippen LogP contribution in [0, 0.1) is 5.41 Å². The van der Waals surface area contributed by atoms with E-state index in [-0.39, 0.29) is 5.41 Å². The molecule has 0 atom stereocenters. The lowest BCUT2D eigenvalue weighted by molar-refractivity contribution is 0.118. The van der Waals surface area contributed by atoms with Crippen LogP contribution >= 0.6 is 0 Å². The van der Waals surface area contributed by atoms with Gasteiger partial charge in [0.1, 0.15) is 5.82 Å². The maximum Gasteiger partial charge on any atom is 0.227 e. The molecule has 0 aliphatic carbocycles. The van der Waals surface area contributed by atoms with Crippen LogP contribution in [0.25, 0.3) is 10.9 Å². The van der Waals surface area contributed by atoms with Crippen LogP contribution in [0.1, 0.15) is 25.3 Å². The average Bonchev–Trinajstić information content (AvgIpc) is 2.80. The molecule has 7 nitrogen and oxygen atoms in total. The van der Waals surface area contributed by atoms with Crippen LogP contribution in [0.2, 0.25) is 0 Å². The predicted molar refractivity (Wildman–Crippen MR) is 129 cm³/mol. The van der Waals surface area contributed by atoms with E-state index in [0.717, 1.165) is 49.9 Å². The molecule has 170 valence electrons. The number of nitrogens with two attached hydrogens (primary N) is 1. The lowest BCUT2D eigenvalue weighted by Gasteiger charge is -2.41. The lowest BCUT2D eigenvalue weighted by atomic mass is 9.80. The Morgan fingerprint density at radius 2 is 1.69 bits per heavy atom. The van der Waals surface area contributed by atoms with Gasteiger partial charge in [-0.15, -0.1) is 0 Å². The van der Waals surface area contributed by atoms with Crippen molar-refractivity contribution in [1.82, 2.24) is 14.9 Å². The smallest absolute Gasteiger partial charge is 0.227 e. The number of piperidine rings is 1. The van der Waals surface area contributed by atoms with Gasteiger partial charge < -0.3 is 20.1 Å². The fraction of sp³-hybridized carbons (Fsp3) is 0.440. The summed E-state index contributed by atoms with van der Waals surface area (Å²) in [6, 6.07) is 14.4. The summed E-state index contributed by atoms with van der Waals surface area (Å²) in [6.07, 6.45) is 2.27. The highest BCUT2D eigenvalue weighted by molar-refractivity contribution is 5.91. The van der Waals surface area contributed by atoms with E-state index in [1.807, 2.05) is 19.2 Å². The Morgan fingerprint density at radius 1 is 1.03 bits per heavy atom. The minimum atomic E-state index is 0.201. The molecule has 0 amide bonds. The summed E-state index contributed by atoms with van der Waals surface area (Å²) >= 11 is 0. The first-order chi connectivity index (χ1) is 15.4. The summed E-state index contributed by atoms with van der Waals surface area (Å²) in [7, 11) is 5.27. The summed E-state index contributed by atoms with van der Waals surface area (Å²) in [5, 5.41) is 0.764. The molecule has 0 bridgehead atoms. The summed E-state index contributed by atoms with van der Waals surface area (Å²) in [6.45, 7) is 6.45. The Bertz CT molecular complexity index is 1060. The molecule has 0 saturated carbocycles. The summed E-state index contributed by atoms with van der Waals surface area (Å²) in [5.41, 5.74) is 8.61. The molecule has 7 heteroatoms. The lowest BCUT2D eigenvalue weighted by Crippen LogP contribution is -2.44. The number of methoxy groups -OCH3 is 2. The van der Waals surface area contributed by atoms with E-state index < -0.39 is 0 Å². The molecule has 1 fully saturated rings. The third-order valence-electron chi connectivity index (χ3n) is 6.49. The van der Waals surface area contributed by atoms with Crippen molar-refractivity contribution in [3.8, 4) is 11.5 Å². The minimum absolute atomic E-state index is 0.201. The van der Waals surface area contributed by atoms with Crippen LogP contribution in [0.4, 0.5) is 11.8 Å².